The number of benzene rings is 1. The fourth-order valence-electron chi connectivity index (χ4n) is 1.80. The number of hydrogen-bond acceptors (Lipinski definition) is 6. The van der Waals surface area contributed by atoms with Crippen molar-refractivity contribution in [1.82, 2.24) is 5.01 Å². The van der Waals surface area contributed by atoms with Crippen LogP contribution in [0, 0.1) is 0 Å². The Morgan fingerprint density at radius 2 is 2.17 bits per heavy atom. The highest BCUT2D eigenvalue weighted by atomic mass is 16.5. The van der Waals surface area contributed by atoms with Gasteiger partial charge < -0.3 is 20.6 Å². The molecule has 6 nitrogen and oxygen atoms in total. The lowest BCUT2D eigenvalue weighted by molar-refractivity contribution is 0.0497. The van der Waals surface area contributed by atoms with Gasteiger partial charge in [-0.1, -0.05) is 6.07 Å². The Morgan fingerprint density at radius 1 is 1.44 bits per heavy atom. The Balaban J connectivity index is 2.15. The van der Waals surface area contributed by atoms with E-state index in [-0.39, 0.29) is 0 Å². The van der Waals surface area contributed by atoms with Gasteiger partial charge in [0.1, 0.15) is 0 Å². The van der Waals surface area contributed by atoms with Gasteiger partial charge in [-0.3, -0.25) is 0 Å². The summed E-state index contributed by atoms with van der Waals surface area (Å²) >= 11 is 0. The molecule has 6 heteroatoms. The Bertz CT molecular complexity index is 431. The van der Waals surface area contributed by atoms with Crippen molar-refractivity contribution in [1.29, 1.82) is 0 Å². The summed E-state index contributed by atoms with van der Waals surface area (Å²) in [5, 5.41) is 2.01. The summed E-state index contributed by atoms with van der Waals surface area (Å²) in [6.45, 7) is 2.93. The van der Waals surface area contributed by atoms with E-state index in [9.17, 15) is 4.79 Å². The molecule has 1 fully saturated rings. The molecule has 0 aromatic heterocycles. The Hall–Kier alpha value is -1.79. The van der Waals surface area contributed by atoms with E-state index < -0.39 is 5.97 Å². The molecule has 1 saturated heterocycles. The van der Waals surface area contributed by atoms with Crippen molar-refractivity contribution in [2.45, 2.75) is 0 Å². The average Bonchev–Trinajstić information content (AvgIpc) is 2.41. The van der Waals surface area contributed by atoms with Crippen molar-refractivity contribution in [3.8, 4) is 0 Å². The highest BCUT2D eigenvalue weighted by Gasteiger charge is 2.15. The van der Waals surface area contributed by atoms with E-state index in [4.69, 9.17) is 10.5 Å². The second-order valence-corrected chi connectivity index (χ2v) is 3.97. The minimum Gasteiger partial charge on any atom is -0.465 e. The van der Waals surface area contributed by atoms with Crippen molar-refractivity contribution in [2.24, 2.45) is 0 Å². The minimum absolute atomic E-state index is 0.371. The van der Waals surface area contributed by atoms with Crippen molar-refractivity contribution < 1.29 is 14.3 Å². The molecule has 3 N–H and O–H groups in total. The number of hydrogen-bond donors (Lipinski definition) is 2. The quantitative estimate of drug-likeness (QED) is 0.608. The van der Waals surface area contributed by atoms with Crippen LogP contribution in [0.3, 0.4) is 0 Å². The van der Waals surface area contributed by atoms with Gasteiger partial charge in [-0.15, -0.1) is 0 Å². The first-order valence-corrected chi connectivity index (χ1v) is 5.78. The molecule has 0 radical (unpaired) electrons. The summed E-state index contributed by atoms with van der Waals surface area (Å²) in [5.41, 5.74) is 10.6. The summed E-state index contributed by atoms with van der Waals surface area (Å²) in [5.74, 6) is -0.432. The van der Waals surface area contributed by atoms with Crippen LogP contribution < -0.4 is 11.2 Å². The zero-order valence-electron chi connectivity index (χ0n) is 10.3. The highest BCUT2D eigenvalue weighted by Crippen LogP contribution is 2.24. The molecule has 0 amide bonds. The molecule has 1 aliphatic rings. The van der Waals surface area contributed by atoms with E-state index >= 15 is 0 Å². The first-order chi connectivity index (χ1) is 8.72. The number of methoxy groups -OCH3 is 1. The van der Waals surface area contributed by atoms with E-state index in [0.717, 1.165) is 13.1 Å². The Labute approximate surface area is 106 Å². The third kappa shape index (κ3) is 2.72. The molecule has 98 valence electrons. The van der Waals surface area contributed by atoms with Crippen molar-refractivity contribution >= 4 is 17.3 Å². The number of ether oxygens (including phenoxy) is 2. The van der Waals surface area contributed by atoms with Crippen LogP contribution in [-0.2, 0) is 9.47 Å². The number of hydrazine groups is 1. The number of carbonyl (C=O) groups is 1. The van der Waals surface area contributed by atoms with E-state index in [0.29, 0.717) is 30.2 Å². The Kier molecular flexibility index (Phi) is 4.01. The number of rotatable bonds is 3. The molecule has 0 aliphatic carbocycles. The van der Waals surface area contributed by atoms with Crippen LogP contribution in [0.15, 0.2) is 18.2 Å². The third-order valence-corrected chi connectivity index (χ3v) is 2.80. The van der Waals surface area contributed by atoms with Gasteiger partial charge in [-0.05, 0) is 12.1 Å². The Morgan fingerprint density at radius 3 is 2.83 bits per heavy atom. The number of anilines is 2. The smallest absolute Gasteiger partial charge is 0.340 e. The number of para-hydroxylation sites is 1. The monoisotopic (exact) mass is 251 g/mol. The average molecular weight is 251 g/mol. The lowest BCUT2D eigenvalue weighted by atomic mass is 10.1. The van der Waals surface area contributed by atoms with Crippen LogP contribution in [0.1, 0.15) is 10.4 Å². The predicted molar refractivity (Wildman–Crippen MR) is 68.2 cm³/mol. The lowest BCUT2D eigenvalue weighted by Crippen LogP contribution is -2.40. The van der Waals surface area contributed by atoms with Crippen molar-refractivity contribution in [2.75, 3.05) is 44.6 Å². The van der Waals surface area contributed by atoms with Crippen LogP contribution in [0.4, 0.5) is 11.4 Å². The van der Waals surface area contributed by atoms with Gasteiger partial charge in [0.15, 0.2) is 0 Å². The van der Waals surface area contributed by atoms with Crippen LogP contribution in [-0.4, -0.2) is 44.4 Å². The zero-order valence-corrected chi connectivity index (χ0v) is 10.3. The second-order valence-electron chi connectivity index (χ2n) is 3.97. The topological polar surface area (TPSA) is 76.8 Å². The molecule has 1 heterocycles. The standard InChI is InChI=1S/C12H17N3O3/c1-17-12(16)9-3-2-4-10(11(9)13)14-15-5-7-18-8-6-15/h2-4,14H,5-8,13H2,1H3. The van der Waals surface area contributed by atoms with Crippen LogP contribution in [0.25, 0.3) is 0 Å². The number of nitrogen functional groups attached to an aromatic ring is 1. The van der Waals surface area contributed by atoms with Gasteiger partial charge in [-0.25, -0.2) is 9.80 Å². The lowest BCUT2D eigenvalue weighted by Gasteiger charge is -2.28. The second kappa shape index (κ2) is 5.70. The molecule has 0 saturated carbocycles. The first kappa shape index (κ1) is 12.7. The summed E-state index contributed by atoms with van der Waals surface area (Å²) < 4.78 is 9.94. The molecule has 0 spiro atoms. The molecule has 1 aromatic rings. The summed E-state index contributed by atoms with van der Waals surface area (Å²) in [4.78, 5) is 11.5. The van der Waals surface area contributed by atoms with Gasteiger partial charge in [0.25, 0.3) is 0 Å². The van der Waals surface area contributed by atoms with Gasteiger partial charge >= 0.3 is 5.97 Å². The number of esters is 1. The number of nitrogens with one attached hydrogen (secondary N) is 1. The number of nitrogens with zero attached hydrogens (tertiary/aromatic N) is 1. The molecular weight excluding hydrogens is 234 g/mol. The maximum atomic E-state index is 11.5. The zero-order chi connectivity index (χ0) is 13.0. The molecule has 18 heavy (non-hydrogen) atoms. The van der Waals surface area contributed by atoms with Crippen molar-refractivity contribution in [3.63, 3.8) is 0 Å². The van der Waals surface area contributed by atoms with Gasteiger partial charge in [0, 0.05) is 13.1 Å². The number of nitrogens with two attached hydrogens (primary N) is 1. The normalized spacial score (nSPS) is 16.3. The summed E-state index contributed by atoms with van der Waals surface area (Å²) in [6.07, 6.45) is 0. The summed E-state index contributed by atoms with van der Waals surface area (Å²) in [6, 6.07) is 5.24. The third-order valence-electron chi connectivity index (χ3n) is 2.80. The van der Waals surface area contributed by atoms with Crippen LogP contribution in [0.5, 0.6) is 0 Å². The highest BCUT2D eigenvalue weighted by molar-refractivity contribution is 5.98. The summed E-state index contributed by atoms with van der Waals surface area (Å²) in [7, 11) is 1.34. The molecule has 0 unspecified atom stereocenters. The maximum absolute atomic E-state index is 11.5. The fourth-order valence-corrected chi connectivity index (χ4v) is 1.80. The molecule has 1 aliphatic heterocycles. The van der Waals surface area contributed by atoms with E-state index in [1.807, 2.05) is 11.1 Å². The van der Waals surface area contributed by atoms with Gasteiger partial charge in [0.05, 0.1) is 37.3 Å². The molecular formula is C12H17N3O3. The maximum Gasteiger partial charge on any atom is 0.340 e. The molecule has 0 atom stereocenters. The number of carbonyl (C=O) groups excluding carboxylic acids is 1. The molecule has 2 rings (SSSR count). The minimum atomic E-state index is -0.432. The predicted octanol–water partition coefficient (Wildman–Crippen LogP) is 0.714. The molecule has 0 bridgehead atoms. The van der Waals surface area contributed by atoms with Crippen LogP contribution >= 0.6 is 0 Å². The van der Waals surface area contributed by atoms with E-state index in [1.54, 1.807) is 12.1 Å². The SMILES string of the molecule is COC(=O)c1cccc(NN2CCOCC2)c1N. The number of morpholine rings is 1. The van der Waals surface area contributed by atoms with E-state index in [1.165, 1.54) is 7.11 Å². The van der Waals surface area contributed by atoms with E-state index in [2.05, 4.69) is 10.2 Å². The van der Waals surface area contributed by atoms with Gasteiger partial charge in [0.2, 0.25) is 0 Å². The van der Waals surface area contributed by atoms with Gasteiger partial charge in [-0.2, -0.15) is 0 Å². The largest absolute Gasteiger partial charge is 0.465 e. The van der Waals surface area contributed by atoms with Crippen molar-refractivity contribution in [3.05, 3.63) is 23.8 Å². The molecule has 1 aromatic carbocycles. The van der Waals surface area contributed by atoms with Crippen LogP contribution in [0.2, 0.25) is 0 Å². The fraction of sp³-hybridized carbons (Fsp3) is 0.417. The first-order valence-electron chi connectivity index (χ1n) is 5.78.